The Balaban J connectivity index is 1.40. The van der Waals surface area contributed by atoms with Gasteiger partial charge in [0.25, 0.3) is 0 Å². The van der Waals surface area contributed by atoms with E-state index in [4.69, 9.17) is 25.5 Å². The van der Waals surface area contributed by atoms with E-state index in [-0.39, 0.29) is 17.1 Å². The van der Waals surface area contributed by atoms with Crippen LogP contribution in [0.4, 0.5) is 25.8 Å². The predicted molar refractivity (Wildman–Crippen MR) is 223 cm³/mol. The molecule has 1 saturated carbocycles. The maximum absolute atomic E-state index is 12.9. The minimum Gasteiger partial charge on any atom is -0.496 e. The number of halogens is 1. The number of anilines is 2. The molecule has 0 aromatic heterocycles. The molecule has 1 aliphatic carbocycles. The Morgan fingerprint density at radius 2 is 1.62 bits per heavy atom. The smallest absolute Gasteiger partial charge is 0.412 e. The first-order chi connectivity index (χ1) is 25.8. The molecule has 55 heavy (non-hydrogen) atoms. The number of nitrogens with one attached hydrogen (secondary N) is 3. The van der Waals surface area contributed by atoms with E-state index < -0.39 is 32.1 Å². The number of carbonyl (C=O) groups is 3. The molecule has 4 N–H and O–H groups in total. The highest BCUT2D eigenvalue weighted by molar-refractivity contribution is 6.74. The van der Waals surface area contributed by atoms with Crippen molar-refractivity contribution < 1.29 is 33.4 Å². The summed E-state index contributed by atoms with van der Waals surface area (Å²) in [6.07, 6.45) is 2.19. The van der Waals surface area contributed by atoms with Gasteiger partial charge in [0.1, 0.15) is 11.4 Å². The number of hydrogen-bond acceptors (Lipinski definition) is 6. The van der Waals surface area contributed by atoms with Gasteiger partial charge in [0, 0.05) is 35.8 Å². The zero-order chi connectivity index (χ0) is 40.6. The van der Waals surface area contributed by atoms with E-state index in [0.717, 1.165) is 22.3 Å². The van der Waals surface area contributed by atoms with Crippen LogP contribution in [-0.4, -0.2) is 63.0 Å². The van der Waals surface area contributed by atoms with Crippen molar-refractivity contribution in [1.29, 1.82) is 0 Å². The average Bonchev–Trinajstić information content (AvgIpc) is 3.10. The molecule has 0 radical (unpaired) electrons. The summed E-state index contributed by atoms with van der Waals surface area (Å²) in [6.45, 7) is 17.1. The first kappa shape index (κ1) is 43.5. The van der Waals surface area contributed by atoms with Gasteiger partial charge in [-0.2, -0.15) is 0 Å². The number of ether oxygens (including phenoxy) is 2. The number of carbonyl (C=O) groups excluding carboxylic acids is 2. The number of amides is 4. The lowest BCUT2D eigenvalue weighted by Crippen LogP contribution is -2.47. The molecule has 4 rings (SSSR count). The lowest BCUT2D eigenvalue weighted by molar-refractivity contribution is 0.0490. The van der Waals surface area contributed by atoms with Crippen molar-refractivity contribution in [2.24, 2.45) is 0 Å². The summed E-state index contributed by atoms with van der Waals surface area (Å²) in [5.74, 6) is 0.578. The van der Waals surface area contributed by atoms with E-state index in [2.05, 4.69) is 49.8 Å². The maximum atomic E-state index is 12.9. The highest BCUT2D eigenvalue weighted by Crippen LogP contribution is 2.39. The largest absolute Gasteiger partial charge is 0.496 e. The number of carboxylic acid groups (broad SMARTS) is 1. The molecule has 4 amide bonds. The van der Waals surface area contributed by atoms with E-state index >= 15 is 0 Å². The van der Waals surface area contributed by atoms with Gasteiger partial charge in [-0.1, -0.05) is 74.8 Å². The minimum absolute atomic E-state index is 0.0561. The third kappa shape index (κ3) is 12.4. The normalized spacial score (nSPS) is 16.2. The van der Waals surface area contributed by atoms with Crippen LogP contribution in [0.3, 0.4) is 0 Å². The number of nitrogens with zero attached hydrogens (tertiary/aromatic N) is 1. The third-order valence-electron chi connectivity index (χ3n) is 10.3. The fraction of sp³-hybridized carbons (Fsp3) is 0.500. The molecule has 13 heteroatoms. The van der Waals surface area contributed by atoms with E-state index in [1.165, 1.54) is 4.90 Å². The first-order valence-electron chi connectivity index (χ1n) is 19.0. The molecule has 3 aromatic rings. The molecule has 0 atom stereocenters. The summed E-state index contributed by atoms with van der Waals surface area (Å²) in [6, 6.07) is 18.4. The molecule has 11 nitrogen and oxygen atoms in total. The van der Waals surface area contributed by atoms with Crippen LogP contribution in [0, 0.1) is 0 Å². The van der Waals surface area contributed by atoms with Crippen molar-refractivity contribution >= 4 is 49.5 Å². The molecular weight excluding hydrogens is 736 g/mol. The van der Waals surface area contributed by atoms with Crippen LogP contribution in [0.25, 0.3) is 11.1 Å². The zero-order valence-electron chi connectivity index (χ0n) is 33.8. The molecule has 0 aliphatic heterocycles. The Kier molecular flexibility index (Phi) is 14.7. The fourth-order valence-electron chi connectivity index (χ4n) is 6.33. The van der Waals surface area contributed by atoms with Gasteiger partial charge in [0.15, 0.2) is 8.32 Å². The van der Waals surface area contributed by atoms with Crippen LogP contribution in [-0.2, 0) is 22.2 Å². The van der Waals surface area contributed by atoms with Crippen molar-refractivity contribution in [1.82, 2.24) is 10.6 Å². The Hall–Kier alpha value is -4.26. The van der Waals surface area contributed by atoms with Crippen LogP contribution in [0.15, 0.2) is 60.7 Å². The van der Waals surface area contributed by atoms with Crippen molar-refractivity contribution in [2.75, 3.05) is 23.9 Å². The molecule has 1 aliphatic rings. The van der Waals surface area contributed by atoms with Crippen LogP contribution in [0.5, 0.6) is 5.75 Å². The molecule has 0 unspecified atom stereocenters. The van der Waals surface area contributed by atoms with E-state index in [1.54, 1.807) is 19.2 Å². The van der Waals surface area contributed by atoms with Gasteiger partial charge in [-0.05, 0) is 101 Å². The fourth-order valence-corrected chi connectivity index (χ4v) is 7.51. The molecule has 1 fully saturated rings. The predicted octanol–water partition coefficient (Wildman–Crippen LogP) is 10.6. The van der Waals surface area contributed by atoms with Gasteiger partial charge in [-0.25, -0.2) is 14.4 Å². The average molecular weight is 795 g/mol. The Morgan fingerprint density at radius 3 is 2.22 bits per heavy atom. The Bertz CT molecular complexity index is 1780. The molecule has 3 aromatic carbocycles. The second-order valence-corrected chi connectivity index (χ2v) is 21.9. The van der Waals surface area contributed by atoms with E-state index in [1.807, 2.05) is 69.3 Å². The molecule has 0 spiro atoms. The highest BCUT2D eigenvalue weighted by atomic mass is 35.5. The number of hydrogen-bond donors (Lipinski definition) is 4. The lowest BCUT2D eigenvalue weighted by atomic mass is 9.89. The van der Waals surface area contributed by atoms with Crippen LogP contribution in [0.2, 0.25) is 23.2 Å². The number of alkyl carbamates (subject to hydrolysis) is 1. The Labute approximate surface area is 332 Å². The second kappa shape index (κ2) is 18.6. The van der Waals surface area contributed by atoms with Gasteiger partial charge in [0.05, 0.1) is 30.1 Å². The monoisotopic (exact) mass is 794 g/mol. The van der Waals surface area contributed by atoms with Gasteiger partial charge in [0.2, 0.25) is 0 Å². The van der Waals surface area contributed by atoms with Gasteiger partial charge < -0.3 is 35.0 Å². The third-order valence-corrected chi connectivity index (χ3v) is 15.1. The molecule has 0 bridgehead atoms. The van der Waals surface area contributed by atoms with Gasteiger partial charge in [-0.3, -0.25) is 4.90 Å². The van der Waals surface area contributed by atoms with E-state index in [9.17, 15) is 19.5 Å². The van der Waals surface area contributed by atoms with Crippen LogP contribution >= 0.6 is 11.6 Å². The number of rotatable bonds is 13. The van der Waals surface area contributed by atoms with E-state index in [0.29, 0.717) is 73.8 Å². The van der Waals surface area contributed by atoms with Crippen molar-refractivity contribution in [2.45, 2.75) is 122 Å². The number of urea groups is 1. The molecule has 0 saturated heterocycles. The van der Waals surface area contributed by atoms with Crippen molar-refractivity contribution in [3.05, 3.63) is 76.8 Å². The number of methoxy groups -OCH3 is 1. The summed E-state index contributed by atoms with van der Waals surface area (Å²) < 4.78 is 17.4. The zero-order valence-corrected chi connectivity index (χ0v) is 35.6. The standard InChI is InChI=1S/C42H59ClN4O7Si/c1-41(2,3)54-39(49)45-31-18-20-32(21-19-31)47(40(50)51)36-24-28(17-22-33(36)29-15-11-10-12-16-29)14-13-23-44-38(48)46-35-26-37(52-7)30(25-34(35)43)27-53-55(8,9)42(4,5)6/h10-12,15-17,22,24-26,31-32H,13-14,18-21,23,27H2,1-9H3,(H,45,49)(H,50,51)(H2,44,46,48)/t31-,32-. The van der Waals surface area contributed by atoms with Crippen LogP contribution < -0.4 is 25.6 Å². The lowest BCUT2D eigenvalue weighted by Gasteiger charge is -2.36. The Morgan fingerprint density at radius 1 is 0.945 bits per heavy atom. The topological polar surface area (TPSA) is 138 Å². The molecular formula is C42H59ClN4O7Si. The summed E-state index contributed by atoms with van der Waals surface area (Å²) in [4.78, 5) is 39.7. The maximum Gasteiger partial charge on any atom is 0.412 e. The molecule has 0 heterocycles. The SMILES string of the molecule is COc1cc(NC(=O)NCCCc2ccc(-c3ccccc3)c(N(C(=O)O)[C@H]3CC[C@H](NC(=O)OC(C)(C)C)CC3)c2)c(Cl)cc1CO[Si](C)(C)C(C)(C)C. The summed E-state index contributed by atoms with van der Waals surface area (Å²) in [5, 5.41) is 19.7. The quantitative estimate of drug-likeness (QED) is 0.0998. The second-order valence-electron chi connectivity index (χ2n) is 16.7. The van der Waals surface area contributed by atoms with Crippen molar-refractivity contribution in [3.8, 4) is 16.9 Å². The first-order valence-corrected chi connectivity index (χ1v) is 22.3. The van der Waals surface area contributed by atoms with Crippen LogP contribution in [0.1, 0.15) is 84.8 Å². The van der Waals surface area contributed by atoms with Gasteiger partial charge in [-0.15, -0.1) is 0 Å². The summed E-state index contributed by atoms with van der Waals surface area (Å²) in [5.41, 5.74) is 3.95. The molecule has 300 valence electrons. The highest BCUT2D eigenvalue weighted by Gasteiger charge is 2.37. The van der Waals surface area contributed by atoms with Crippen molar-refractivity contribution in [3.63, 3.8) is 0 Å². The summed E-state index contributed by atoms with van der Waals surface area (Å²) in [7, 11) is -0.422. The number of aryl methyl sites for hydroxylation is 1. The van der Waals surface area contributed by atoms with Gasteiger partial charge >= 0.3 is 18.2 Å². The summed E-state index contributed by atoms with van der Waals surface area (Å²) >= 11 is 6.60. The number of benzene rings is 3. The minimum atomic E-state index is -2.00.